The van der Waals surface area contributed by atoms with Crippen LogP contribution in [0.5, 0.6) is 0 Å². The number of hydrogen-bond acceptors (Lipinski definition) is 6. The van der Waals surface area contributed by atoms with Gasteiger partial charge in [-0.2, -0.15) is 4.98 Å². The number of hydrogen-bond donors (Lipinski definition) is 0. The minimum absolute atomic E-state index is 0.0523. The number of rotatable bonds is 3. The number of amides is 1. The maximum Gasteiger partial charge on any atom is 0.255 e. The second kappa shape index (κ2) is 7.80. The molecule has 3 aromatic rings. The first-order chi connectivity index (χ1) is 14.9. The molecule has 2 aromatic heterocycles. The molecule has 1 amide bonds. The van der Waals surface area contributed by atoms with Gasteiger partial charge >= 0.3 is 0 Å². The van der Waals surface area contributed by atoms with Crippen LogP contribution >= 0.6 is 15.9 Å². The smallest absolute Gasteiger partial charge is 0.255 e. The third-order valence-corrected chi connectivity index (χ3v) is 6.74. The zero-order chi connectivity index (χ0) is 21.6. The third-order valence-electron chi connectivity index (χ3n) is 6.31. The zero-order valence-corrected chi connectivity index (χ0v) is 18.5. The molecule has 0 saturated carbocycles. The molecule has 0 N–H and O–H groups in total. The van der Waals surface area contributed by atoms with Crippen molar-refractivity contribution in [2.75, 3.05) is 33.2 Å². The SMILES string of the molecule is CN1CC[C@]2(C1)CN(C(=O)c1cncc(Br)c1)C[C@H]2c1nc(-c2ccc(F)cc2)no1. The topological polar surface area (TPSA) is 75.4 Å². The van der Waals surface area contributed by atoms with Gasteiger partial charge in [-0.05, 0) is 66.3 Å². The van der Waals surface area contributed by atoms with E-state index >= 15 is 0 Å². The standard InChI is InChI=1S/C22H21BrFN5O2/c1-28-7-6-22(12-28)13-29(21(30)15-8-16(23)10-25-9-15)11-18(22)20-26-19(27-31-20)14-2-4-17(24)5-3-14/h2-5,8-10,18H,6-7,11-13H2,1H3/t18-,22-/m0/s1. The highest BCUT2D eigenvalue weighted by Gasteiger charge is 2.53. The highest BCUT2D eigenvalue weighted by Crippen LogP contribution is 2.48. The van der Waals surface area contributed by atoms with Crippen molar-refractivity contribution in [1.29, 1.82) is 0 Å². The molecular weight excluding hydrogens is 465 g/mol. The molecule has 31 heavy (non-hydrogen) atoms. The summed E-state index contributed by atoms with van der Waals surface area (Å²) in [5.41, 5.74) is 1.10. The van der Waals surface area contributed by atoms with Gasteiger partial charge in [-0.15, -0.1) is 0 Å². The quantitative estimate of drug-likeness (QED) is 0.564. The Morgan fingerprint density at radius 1 is 1.26 bits per heavy atom. The second-order valence-electron chi connectivity index (χ2n) is 8.44. The van der Waals surface area contributed by atoms with E-state index in [1.807, 2.05) is 4.90 Å². The van der Waals surface area contributed by atoms with E-state index in [1.165, 1.54) is 12.1 Å². The van der Waals surface area contributed by atoms with Crippen molar-refractivity contribution in [1.82, 2.24) is 24.9 Å². The average molecular weight is 486 g/mol. The molecule has 1 spiro atoms. The van der Waals surface area contributed by atoms with Crippen molar-refractivity contribution < 1.29 is 13.7 Å². The molecule has 0 bridgehead atoms. The molecule has 5 rings (SSSR count). The Balaban J connectivity index is 1.45. The van der Waals surface area contributed by atoms with Crippen molar-refractivity contribution in [3.63, 3.8) is 0 Å². The van der Waals surface area contributed by atoms with E-state index in [0.717, 1.165) is 24.0 Å². The van der Waals surface area contributed by atoms with Gasteiger partial charge in [-0.1, -0.05) is 5.16 Å². The van der Waals surface area contributed by atoms with Crippen LogP contribution in [0.3, 0.4) is 0 Å². The molecule has 2 aliphatic heterocycles. The van der Waals surface area contributed by atoms with E-state index in [9.17, 15) is 9.18 Å². The number of carbonyl (C=O) groups is 1. The molecule has 2 saturated heterocycles. The monoisotopic (exact) mass is 485 g/mol. The normalized spacial score (nSPS) is 23.7. The molecule has 9 heteroatoms. The van der Waals surface area contributed by atoms with Crippen molar-refractivity contribution in [2.24, 2.45) is 5.41 Å². The van der Waals surface area contributed by atoms with E-state index < -0.39 is 0 Å². The van der Waals surface area contributed by atoms with Gasteiger partial charge in [0.15, 0.2) is 0 Å². The van der Waals surface area contributed by atoms with Gasteiger partial charge < -0.3 is 14.3 Å². The average Bonchev–Trinajstić information content (AvgIpc) is 3.47. The Kier molecular flexibility index (Phi) is 5.10. The Morgan fingerprint density at radius 3 is 2.77 bits per heavy atom. The minimum atomic E-state index is -0.313. The Labute approximate surface area is 187 Å². The molecule has 160 valence electrons. The van der Waals surface area contributed by atoms with Gasteiger partial charge in [0.05, 0.1) is 11.5 Å². The number of nitrogens with zero attached hydrogens (tertiary/aromatic N) is 5. The summed E-state index contributed by atoms with van der Waals surface area (Å²) >= 11 is 3.39. The summed E-state index contributed by atoms with van der Waals surface area (Å²) in [6, 6.07) is 7.80. The van der Waals surface area contributed by atoms with Crippen LogP contribution in [0.1, 0.15) is 28.6 Å². The molecule has 1 aromatic carbocycles. The lowest BCUT2D eigenvalue weighted by atomic mass is 9.77. The number of halogens is 2. The predicted molar refractivity (Wildman–Crippen MR) is 115 cm³/mol. The summed E-state index contributed by atoms with van der Waals surface area (Å²) in [4.78, 5) is 26.1. The summed E-state index contributed by atoms with van der Waals surface area (Å²) in [5.74, 6) is 0.522. The highest BCUT2D eigenvalue weighted by molar-refractivity contribution is 9.10. The van der Waals surface area contributed by atoms with Crippen LogP contribution in [0.25, 0.3) is 11.4 Å². The first kappa shape index (κ1) is 20.3. The van der Waals surface area contributed by atoms with Crippen molar-refractivity contribution in [3.05, 3.63) is 64.5 Å². The van der Waals surface area contributed by atoms with E-state index in [4.69, 9.17) is 4.52 Å². The van der Waals surface area contributed by atoms with Crippen LogP contribution in [0, 0.1) is 11.2 Å². The van der Waals surface area contributed by atoms with Crippen LogP contribution in [0.2, 0.25) is 0 Å². The summed E-state index contributed by atoms with van der Waals surface area (Å²) in [7, 11) is 2.09. The van der Waals surface area contributed by atoms with E-state index in [-0.39, 0.29) is 23.1 Å². The van der Waals surface area contributed by atoms with Crippen LogP contribution < -0.4 is 0 Å². The number of likely N-dealkylation sites (tertiary alicyclic amines) is 2. The summed E-state index contributed by atoms with van der Waals surface area (Å²) in [6.45, 7) is 2.94. The third kappa shape index (κ3) is 3.76. The zero-order valence-electron chi connectivity index (χ0n) is 17.0. The summed E-state index contributed by atoms with van der Waals surface area (Å²) in [5, 5.41) is 4.13. The van der Waals surface area contributed by atoms with Gasteiger partial charge in [0.2, 0.25) is 11.7 Å². The van der Waals surface area contributed by atoms with Crippen LogP contribution in [-0.2, 0) is 0 Å². The fraction of sp³-hybridized carbons (Fsp3) is 0.364. The first-order valence-electron chi connectivity index (χ1n) is 10.1. The Hall–Kier alpha value is -2.65. The molecule has 7 nitrogen and oxygen atoms in total. The van der Waals surface area contributed by atoms with Crippen LogP contribution in [0.4, 0.5) is 4.39 Å². The molecule has 0 unspecified atom stereocenters. The molecule has 2 aliphatic rings. The van der Waals surface area contributed by atoms with Gasteiger partial charge in [0.1, 0.15) is 5.82 Å². The fourth-order valence-electron chi connectivity index (χ4n) is 4.79. The number of pyridine rings is 1. The van der Waals surface area contributed by atoms with Crippen LogP contribution in [-0.4, -0.2) is 64.1 Å². The number of aromatic nitrogens is 3. The van der Waals surface area contributed by atoms with Gasteiger partial charge in [-0.3, -0.25) is 9.78 Å². The fourth-order valence-corrected chi connectivity index (χ4v) is 5.16. The molecule has 0 radical (unpaired) electrons. The van der Waals surface area contributed by atoms with E-state index in [1.54, 1.807) is 30.6 Å². The summed E-state index contributed by atoms with van der Waals surface area (Å²) < 4.78 is 19.7. The predicted octanol–water partition coefficient (Wildman–Crippen LogP) is 3.59. The maximum absolute atomic E-state index is 13.3. The Morgan fingerprint density at radius 2 is 2.06 bits per heavy atom. The highest BCUT2D eigenvalue weighted by atomic mass is 79.9. The second-order valence-corrected chi connectivity index (χ2v) is 9.36. The lowest BCUT2D eigenvalue weighted by Gasteiger charge is -2.27. The lowest BCUT2D eigenvalue weighted by Crippen LogP contribution is -2.34. The molecular formula is C22H21BrFN5O2. The number of carbonyl (C=O) groups excluding carboxylic acids is 1. The van der Waals surface area contributed by atoms with E-state index in [0.29, 0.717) is 35.9 Å². The van der Waals surface area contributed by atoms with Gasteiger partial charge in [-0.25, -0.2) is 4.39 Å². The minimum Gasteiger partial charge on any atom is -0.339 e. The number of benzene rings is 1. The van der Waals surface area contributed by atoms with E-state index in [2.05, 4.69) is 43.0 Å². The van der Waals surface area contributed by atoms with Crippen molar-refractivity contribution in [3.8, 4) is 11.4 Å². The molecule has 0 aliphatic carbocycles. The van der Waals surface area contributed by atoms with Crippen molar-refractivity contribution in [2.45, 2.75) is 12.3 Å². The maximum atomic E-state index is 13.3. The van der Waals surface area contributed by atoms with Crippen LogP contribution in [0.15, 0.2) is 51.7 Å². The Bertz CT molecular complexity index is 1120. The van der Waals surface area contributed by atoms with Crippen molar-refractivity contribution >= 4 is 21.8 Å². The van der Waals surface area contributed by atoms with Gasteiger partial charge in [0.25, 0.3) is 5.91 Å². The molecule has 4 heterocycles. The molecule has 2 fully saturated rings. The first-order valence-corrected chi connectivity index (χ1v) is 10.9. The lowest BCUT2D eigenvalue weighted by molar-refractivity contribution is 0.0773. The molecule has 2 atom stereocenters. The largest absolute Gasteiger partial charge is 0.339 e. The summed E-state index contributed by atoms with van der Waals surface area (Å²) in [6.07, 6.45) is 4.20. The van der Waals surface area contributed by atoms with Gasteiger partial charge in [0, 0.05) is 47.5 Å².